The number of aryl methyl sites for hydroxylation is 1. The highest BCUT2D eigenvalue weighted by Gasteiger charge is 2.26. The number of rotatable bonds is 2. The fourth-order valence-corrected chi connectivity index (χ4v) is 2.64. The van der Waals surface area contributed by atoms with Crippen LogP contribution in [0.4, 0.5) is 5.69 Å². The zero-order valence-corrected chi connectivity index (χ0v) is 11.7. The summed E-state index contributed by atoms with van der Waals surface area (Å²) < 4.78 is 5.44. The number of nitrogens with one attached hydrogen (secondary N) is 1. The van der Waals surface area contributed by atoms with E-state index < -0.39 is 0 Å². The first-order valence-electron chi connectivity index (χ1n) is 7.05. The standard InChI is InChI=1S/C17H15N3O/c1-11-6-8-12(9-7-11)16-19-17(21-20-16)15-10-13-4-2-3-5-14(13)18-15/h2-9,15,18H,10H2,1H3/t15-/m0/s1. The molecule has 1 atom stereocenters. The van der Waals surface area contributed by atoms with Crippen LogP contribution in [0.25, 0.3) is 11.4 Å². The summed E-state index contributed by atoms with van der Waals surface area (Å²) >= 11 is 0. The first kappa shape index (κ1) is 12.1. The van der Waals surface area contributed by atoms with Crippen LogP contribution in [0.3, 0.4) is 0 Å². The molecule has 1 N–H and O–H groups in total. The Morgan fingerprint density at radius 3 is 2.71 bits per heavy atom. The van der Waals surface area contributed by atoms with Crippen LogP contribution in [0, 0.1) is 6.92 Å². The fourth-order valence-electron chi connectivity index (χ4n) is 2.64. The van der Waals surface area contributed by atoms with Crippen LogP contribution in [-0.4, -0.2) is 10.1 Å². The summed E-state index contributed by atoms with van der Waals surface area (Å²) in [6, 6.07) is 16.5. The molecule has 0 aliphatic carbocycles. The molecule has 0 radical (unpaired) electrons. The summed E-state index contributed by atoms with van der Waals surface area (Å²) in [5.74, 6) is 1.28. The predicted octanol–water partition coefficient (Wildman–Crippen LogP) is 3.75. The summed E-state index contributed by atoms with van der Waals surface area (Å²) in [6.45, 7) is 2.06. The zero-order chi connectivity index (χ0) is 14.2. The van der Waals surface area contributed by atoms with Gasteiger partial charge >= 0.3 is 0 Å². The molecule has 1 aromatic heterocycles. The Kier molecular flexibility index (Phi) is 2.74. The quantitative estimate of drug-likeness (QED) is 0.775. The molecule has 3 aromatic rings. The number of anilines is 1. The third-order valence-electron chi connectivity index (χ3n) is 3.82. The number of benzene rings is 2. The van der Waals surface area contributed by atoms with E-state index in [-0.39, 0.29) is 6.04 Å². The van der Waals surface area contributed by atoms with Gasteiger partial charge in [0.25, 0.3) is 0 Å². The van der Waals surface area contributed by atoms with Crippen LogP contribution >= 0.6 is 0 Å². The Bertz CT molecular complexity index is 752. The number of hydrogen-bond acceptors (Lipinski definition) is 4. The molecule has 2 heterocycles. The fraction of sp³-hybridized carbons (Fsp3) is 0.176. The van der Waals surface area contributed by atoms with Crippen LogP contribution in [0.15, 0.2) is 53.1 Å². The molecule has 0 spiro atoms. The van der Waals surface area contributed by atoms with Gasteiger partial charge in [-0.3, -0.25) is 0 Å². The van der Waals surface area contributed by atoms with Gasteiger partial charge in [-0.25, -0.2) is 0 Å². The normalized spacial score (nSPS) is 16.5. The van der Waals surface area contributed by atoms with Crippen molar-refractivity contribution in [2.45, 2.75) is 19.4 Å². The van der Waals surface area contributed by atoms with Crippen molar-refractivity contribution in [3.05, 3.63) is 65.5 Å². The molecular formula is C17H15N3O. The average Bonchev–Trinajstić information content (AvgIpc) is 3.14. The van der Waals surface area contributed by atoms with Gasteiger partial charge in [0.15, 0.2) is 0 Å². The second-order valence-electron chi connectivity index (χ2n) is 5.38. The van der Waals surface area contributed by atoms with E-state index >= 15 is 0 Å². The minimum absolute atomic E-state index is 0.0640. The molecule has 0 amide bonds. The van der Waals surface area contributed by atoms with E-state index in [9.17, 15) is 0 Å². The zero-order valence-electron chi connectivity index (χ0n) is 11.7. The highest BCUT2D eigenvalue weighted by atomic mass is 16.5. The Morgan fingerprint density at radius 2 is 1.90 bits per heavy atom. The van der Waals surface area contributed by atoms with Crippen molar-refractivity contribution in [3.63, 3.8) is 0 Å². The van der Waals surface area contributed by atoms with E-state index in [4.69, 9.17) is 4.52 Å². The topological polar surface area (TPSA) is 51.0 Å². The maximum Gasteiger partial charge on any atom is 0.249 e. The second kappa shape index (κ2) is 4.74. The molecule has 0 fully saturated rings. The molecule has 2 aromatic carbocycles. The van der Waals surface area contributed by atoms with E-state index in [0.717, 1.165) is 17.7 Å². The van der Waals surface area contributed by atoms with E-state index in [1.54, 1.807) is 0 Å². The Balaban J connectivity index is 1.60. The van der Waals surface area contributed by atoms with Crippen LogP contribution in [0.5, 0.6) is 0 Å². The van der Waals surface area contributed by atoms with Gasteiger partial charge in [0.2, 0.25) is 11.7 Å². The van der Waals surface area contributed by atoms with Crippen molar-refractivity contribution in [2.24, 2.45) is 0 Å². The smallest absolute Gasteiger partial charge is 0.249 e. The lowest BCUT2D eigenvalue weighted by Crippen LogP contribution is -2.05. The van der Waals surface area contributed by atoms with Crippen molar-refractivity contribution in [3.8, 4) is 11.4 Å². The SMILES string of the molecule is Cc1ccc(-c2noc([C@@H]3Cc4ccccc4N3)n2)cc1. The Hall–Kier alpha value is -2.62. The van der Waals surface area contributed by atoms with Gasteiger partial charge < -0.3 is 9.84 Å². The first-order valence-corrected chi connectivity index (χ1v) is 7.05. The van der Waals surface area contributed by atoms with Gasteiger partial charge in [0.1, 0.15) is 6.04 Å². The maximum atomic E-state index is 5.44. The monoisotopic (exact) mass is 277 g/mol. The van der Waals surface area contributed by atoms with E-state index in [1.807, 2.05) is 18.2 Å². The molecule has 0 unspecified atom stereocenters. The molecule has 0 saturated carbocycles. The van der Waals surface area contributed by atoms with E-state index in [0.29, 0.717) is 11.7 Å². The van der Waals surface area contributed by atoms with Crippen LogP contribution in [-0.2, 0) is 6.42 Å². The van der Waals surface area contributed by atoms with Gasteiger partial charge in [-0.05, 0) is 18.6 Å². The molecule has 1 aliphatic heterocycles. The molecule has 4 nitrogen and oxygen atoms in total. The number of hydrogen-bond donors (Lipinski definition) is 1. The van der Waals surface area contributed by atoms with Gasteiger partial charge in [0.05, 0.1) is 0 Å². The molecule has 4 heteroatoms. The maximum absolute atomic E-state index is 5.44. The Labute approximate surface area is 122 Å². The minimum Gasteiger partial charge on any atom is -0.373 e. The van der Waals surface area contributed by atoms with Gasteiger partial charge in [-0.15, -0.1) is 0 Å². The largest absolute Gasteiger partial charge is 0.373 e. The lowest BCUT2D eigenvalue weighted by molar-refractivity contribution is 0.364. The third-order valence-corrected chi connectivity index (χ3v) is 3.82. The predicted molar refractivity (Wildman–Crippen MR) is 81.0 cm³/mol. The lowest BCUT2D eigenvalue weighted by Gasteiger charge is -2.04. The van der Waals surface area contributed by atoms with Crippen LogP contribution in [0.1, 0.15) is 23.1 Å². The van der Waals surface area contributed by atoms with Crippen molar-refractivity contribution in [2.75, 3.05) is 5.32 Å². The third kappa shape index (κ3) is 2.18. The Morgan fingerprint density at radius 1 is 1.10 bits per heavy atom. The van der Waals surface area contributed by atoms with Crippen molar-refractivity contribution in [1.82, 2.24) is 10.1 Å². The molecule has 0 bridgehead atoms. The minimum atomic E-state index is 0.0640. The molecule has 104 valence electrons. The number of nitrogens with zero attached hydrogens (tertiary/aromatic N) is 2. The van der Waals surface area contributed by atoms with Crippen molar-refractivity contribution in [1.29, 1.82) is 0 Å². The molecule has 0 saturated heterocycles. The molecule has 21 heavy (non-hydrogen) atoms. The number of para-hydroxylation sites is 1. The van der Waals surface area contributed by atoms with Crippen molar-refractivity contribution >= 4 is 5.69 Å². The molecule has 4 rings (SSSR count). The van der Waals surface area contributed by atoms with Crippen LogP contribution < -0.4 is 5.32 Å². The summed E-state index contributed by atoms with van der Waals surface area (Å²) in [4.78, 5) is 4.53. The lowest BCUT2D eigenvalue weighted by atomic mass is 10.1. The number of aromatic nitrogens is 2. The summed E-state index contributed by atoms with van der Waals surface area (Å²) in [5, 5.41) is 7.53. The van der Waals surface area contributed by atoms with Gasteiger partial charge in [0, 0.05) is 17.7 Å². The summed E-state index contributed by atoms with van der Waals surface area (Å²) in [6.07, 6.45) is 0.881. The highest BCUT2D eigenvalue weighted by Crippen LogP contribution is 2.33. The average molecular weight is 277 g/mol. The van der Waals surface area contributed by atoms with Gasteiger partial charge in [-0.2, -0.15) is 4.98 Å². The molecule has 1 aliphatic rings. The highest BCUT2D eigenvalue weighted by molar-refractivity contribution is 5.58. The number of fused-ring (bicyclic) bond motifs is 1. The van der Waals surface area contributed by atoms with Crippen LogP contribution in [0.2, 0.25) is 0 Å². The second-order valence-corrected chi connectivity index (χ2v) is 5.38. The molecular weight excluding hydrogens is 262 g/mol. The van der Waals surface area contributed by atoms with E-state index in [1.165, 1.54) is 11.1 Å². The van der Waals surface area contributed by atoms with Crippen molar-refractivity contribution < 1.29 is 4.52 Å². The van der Waals surface area contributed by atoms with Gasteiger partial charge in [-0.1, -0.05) is 53.2 Å². The first-order chi connectivity index (χ1) is 10.3. The van der Waals surface area contributed by atoms with E-state index in [2.05, 4.69) is 52.7 Å². The summed E-state index contributed by atoms with van der Waals surface area (Å²) in [7, 11) is 0. The summed E-state index contributed by atoms with van der Waals surface area (Å²) in [5.41, 5.74) is 4.64.